The minimum absolute atomic E-state index is 0.185. The minimum atomic E-state index is -0.185. The number of aromatic amines is 1. The number of piperidine rings is 1. The summed E-state index contributed by atoms with van der Waals surface area (Å²) in [4.78, 5) is 18.8. The van der Waals surface area contributed by atoms with Crippen molar-refractivity contribution in [3.8, 4) is 0 Å². The minimum Gasteiger partial charge on any atom is -0.378 e. The lowest BCUT2D eigenvalue weighted by atomic mass is 10.1. The number of rotatable bonds is 4. The fraction of sp³-hybridized carbons (Fsp3) is 0.611. The average Bonchev–Trinajstić information content (AvgIpc) is 3.32. The molecule has 1 N–H and O–H groups in total. The SMILES string of the molecule is Cc1cc2c(=O)[nH]ncc2nc1N1CCC(OCC2(C)CC2)CC1. The van der Waals surface area contributed by atoms with Crippen LogP contribution in [0.15, 0.2) is 17.1 Å². The summed E-state index contributed by atoms with van der Waals surface area (Å²) in [5.74, 6) is 0.961. The Bertz CT molecular complexity index is 804. The predicted molar refractivity (Wildman–Crippen MR) is 93.4 cm³/mol. The van der Waals surface area contributed by atoms with Crippen molar-refractivity contribution in [3.05, 3.63) is 28.2 Å². The van der Waals surface area contributed by atoms with Crippen molar-refractivity contribution in [2.75, 3.05) is 24.6 Å². The van der Waals surface area contributed by atoms with Crippen LogP contribution in [0.25, 0.3) is 10.9 Å². The Morgan fingerprint density at radius 3 is 2.83 bits per heavy atom. The number of nitrogens with one attached hydrogen (secondary N) is 1. The van der Waals surface area contributed by atoms with Gasteiger partial charge in [-0.25, -0.2) is 10.1 Å². The summed E-state index contributed by atoms with van der Waals surface area (Å²) < 4.78 is 6.11. The van der Waals surface area contributed by atoms with Gasteiger partial charge in [0.05, 0.1) is 29.8 Å². The Morgan fingerprint density at radius 1 is 1.38 bits per heavy atom. The summed E-state index contributed by atoms with van der Waals surface area (Å²) >= 11 is 0. The normalized spacial score (nSPS) is 20.5. The van der Waals surface area contributed by atoms with Gasteiger partial charge in [-0.05, 0) is 49.7 Å². The summed E-state index contributed by atoms with van der Waals surface area (Å²) in [6, 6.07) is 1.91. The smallest absolute Gasteiger partial charge is 0.273 e. The number of anilines is 1. The van der Waals surface area contributed by atoms with Crippen molar-refractivity contribution in [2.45, 2.75) is 45.6 Å². The van der Waals surface area contributed by atoms with Crippen LogP contribution >= 0.6 is 0 Å². The van der Waals surface area contributed by atoms with Crippen LogP contribution in [0.4, 0.5) is 5.82 Å². The maximum absolute atomic E-state index is 11.8. The van der Waals surface area contributed by atoms with E-state index in [4.69, 9.17) is 4.74 Å². The van der Waals surface area contributed by atoms with Crippen LogP contribution in [-0.4, -0.2) is 41.0 Å². The van der Waals surface area contributed by atoms with E-state index in [1.54, 1.807) is 6.20 Å². The number of aromatic nitrogens is 3. The van der Waals surface area contributed by atoms with Crippen LogP contribution in [-0.2, 0) is 4.74 Å². The second kappa shape index (κ2) is 5.84. The number of hydrogen-bond acceptors (Lipinski definition) is 5. The largest absolute Gasteiger partial charge is 0.378 e. The van der Waals surface area contributed by atoms with E-state index in [1.165, 1.54) is 12.8 Å². The molecule has 2 aliphatic rings. The van der Waals surface area contributed by atoms with Crippen molar-refractivity contribution in [1.29, 1.82) is 0 Å². The van der Waals surface area contributed by atoms with Gasteiger partial charge in [-0.15, -0.1) is 0 Å². The van der Waals surface area contributed by atoms with Crippen molar-refractivity contribution in [1.82, 2.24) is 15.2 Å². The summed E-state index contributed by atoms with van der Waals surface area (Å²) in [5.41, 5.74) is 1.95. The van der Waals surface area contributed by atoms with E-state index in [9.17, 15) is 4.79 Å². The van der Waals surface area contributed by atoms with E-state index < -0.39 is 0 Å². The zero-order valence-electron chi connectivity index (χ0n) is 14.3. The molecule has 4 rings (SSSR count). The van der Waals surface area contributed by atoms with Gasteiger partial charge in [0.15, 0.2) is 0 Å². The van der Waals surface area contributed by atoms with Gasteiger partial charge in [0.1, 0.15) is 5.82 Å². The maximum atomic E-state index is 11.8. The average molecular weight is 328 g/mol. The molecule has 3 heterocycles. The molecule has 0 unspecified atom stereocenters. The number of fused-ring (bicyclic) bond motifs is 1. The molecule has 0 atom stereocenters. The quantitative estimate of drug-likeness (QED) is 0.933. The van der Waals surface area contributed by atoms with Crippen LogP contribution < -0.4 is 10.5 Å². The molecular weight excluding hydrogens is 304 g/mol. The molecule has 0 spiro atoms. The molecule has 2 aromatic rings. The zero-order chi connectivity index (χ0) is 16.7. The third kappa shape index (κ3) is 3.02. The molecule has 0 aromatic carbocycles. The topological polar surface area (TPSA) is 71.1 Å². The van der Waals surface area contributed by atoms with E-state index in [1.807, 2.05) is 13.0 Å². The molecule has 0 bridgehead atoms. The third-order valence-corrected chi connectivity index (χ3v) is 5.33. The first kappa shape index (κ1) is 15.6. The van der Waals surface area contributed by atoms with E-state index in [0.717, 1.165) is 43.9 Å². The molecule has 1 saturated carbocycles. The van der Waals surface area contributed by atoms with E-state index >= 15 is 0 Å². The lowest BCUT2D eigenvalue weighted by Crippen LogP contribution is -2.38. The number of H-pyrrole nitrogens is 1. The Kier molecular flexibility index (Phi) is 3.79. The van der Waals surface area contributed by atoms with Crippen molar-refractivity contribution in [3.63, 3.8) is 0 Å². The van der Waals surface area contributed by atoms with Gasteiger partial charge in [0.2, 0.25) is 0 Å². The number of pyridine rings is 1. The molecule has 2 aromatic heterocycles. The van der Waals surface area contributed by atoms with Crippen LogP contribution in [0, 0.1) is 12.3 Å². The molecule has 6 nitrogen and oxygen atoms in total. The van der Waals surface area contributed by atoms with E-state index in [-0.39, 0.29) is 5.56 Å². The molecule has 6 heteroatoms. The summed E-state index contributed by atoms with van der Waals surface area (Å²) in [5, 5.41) is 6.92. The number of ether oxygens (including phenoxy) is 1. The standard InChI is InChI=1S/C18H24N4O2/c1-12-9-14-15(10-19-21-17(14)23)20-16(12)22-7-3-13(4-8-22)24-11-18(2)5-6-18/h9-10,13H,3-8,11H2,1-2H3,(H,21,23). The zero-order valence-corrected chi connectivity index (χ0v) is 14.3. The van der Waals surface area contributed by atoms with E-state index in [0.29, 0.717) is 22.4 Å². The number of aryl methyl sites for hydroxylation is 1. The van der Waals surface area contributed by atoms with Gasteiger partial charge in [0, 0.05) is 13.1 Å². The molecule has 1 saturated heterocycles. The molecule has 0 radical (unpaired) electrons. The highest BCUT2D eigenvalue weighted by Gasteiger charge is 2.38. The summed E-state index contributed by atoms with van der Waals surface area (Å²) in [6.45, 7) is 7.10. The van der Waals surface area contributed by atoms with Gasteiger partial charge < -0.3 is 9.64 Å². The van der Waals surface area contributed by atoms with Crippen LogP contribution in [0.2, 0.25) is 0 Å². The second-order valence-corrected chi connectivity index (χ2v) is 7.57. The van der Waals surface area contributed by atoms with Crippen molar-refractivity contribution in [2.24, 2.45) is 5.41 Å². The highest BCUT2D eigenvalue weighted by atomic mass is 16.5. The molecule has 128 valence electrons. The van der Waals surface area contributed by atoms with Gasteiger partial charge in [0.25, 0.3) is 5.56 Å². The first-order chi connectivity index (χ1) is 11.5. The lowest BCUT2D eigenvalue weighted by Gasteiger charge is -2.34. The molecule has 1 aliphatic heterocycles. The van der Waals surface area contributed by atoms with Gasteiger partial charge in [-0.3, -0.25) is 4.79 Å². The number of hydrogen-bond donors (Lipinski definition) is 1. The Balaban J connectivity index is 1.46. The molecule has 2 fully saturated rings. The molecule has 0 amide bonds. The van der Waals surface area contributed by atoms with Crippen LogP contribution in [0.3, 0.4) is 0 Å². The summed E-state index contributed by atoms with van der Waals surface area (Å²) in [7, 11) is 0. The fourth-order valence-corrected chi connectivity index (χ4v) is 3.34. The number of nitrogens with zero attached hydrogens (tertiary/aromatic N) is 3. The van der Waals surface area contributed by atoms with Crippen molar-refractivity contribution >= 4 is 16.7 Å². The molecular formula is C18H24N4O2. The first-order valence-electron chi connectivity index (χ1n) is 8.76. The van der Waals surface area contributed by atoms with Crippen LogP contribution in [0.1, 0.15) is 38.2 Å². The lowest BCUT2D eigenvalue weighted by molar-refractivity contribution is 0.0127. The molecule has 1 aliphatic carbocycles. The second-order valence-electron chi connectivity index (χ2n) is 7.57. The summed E-state index contributed by atoms with van der Waals surface area (Å²) in [6.07, 6.45) is 6.65. The first-order valence-corrected chi connectivity index (χ1v) is 8.76. The monoisotopic (exact) mass is 328 g/mol. The van der Waals surface area contributed by atoms with Gasteiger partial charge in [-0.1, -0.05) is 6.92 Å². The highest BCUT2D eigenvalue weighted by molar-refractivity contribution is 5.80. The molecule has 24 heavy (non-hydrogen) atoms. The van der Waals surface area contributed by atoms with Crippen LogP contribution in [0.5, 0.6) is 0 Å². The van der Waals surface area contributed by atoms with Gasteiger partial charge in [-0.2, -0.15) is 5.10 Å². The predicted octanol–water partition coefficient (Wildman–Crippen LogP) is 2.41. The van der Waals surface area contributed by atoms with E-state index in [2.05, 4.69) is 27.0 Å². The maximum Gasteiger partial charge on any atom is 0.273 e. The Hall–Kier alpha value is -1.95. The van der Waals surface area contributed by atoms with Crippen molar-refractivity contribution < 1.29 is 4.74 Å². The Labute approximate surface area is 141 Å². The Morgan fingerprint density at radius 2 is 2.12 bits per heavy atom. The van der Waals surface area contributed by atoms with Gasteiger partial charge >= 0.3 is 0 Å². The fourth-order valence-electron chi connectivity index (χ4n) is 3.34. The highest BCUT2D eigenvalue weighted by Crippen LogP contribution is 2.45. The third-order valence-electron chi connectivity index (χ3n) is 5.33.